The van der Waals surface area contributed by atoms with Gasteiger partial charge in [-0.05, 0) is 25.5 Å². The molecule has 1 heterocycles. The van der Waals surface area contributed by atoms with Gasteiger partial charge in [-0.3, -0.25) is 19.2 Å². The highest BCUT2D eigenvalue weighted by Crippen LogP contribution is 2.35. The highest BCUT2D eigenvalue weighted by atomic mass is 16.5. The molecule has 0 aromatic carbocycles. The van der Waals surface area contributed by atoms with Crippen molar-refractivity contribution >= 4 is 23.5 Å². The maximum absolute atomic E-state index is 12.1. The van der Waals surface area contributed by atoms with Gasteiger partial charge in [-0.15, -0.1) is 0 Å². The predicted molar refractivity (Wildman–Crippen MR) is 77.1 cm³/mol. The van der Waals surface area contributed by atoms with Gasteiger partial charge in [0, 0.05) is 12.1 Å². The van der Waals surface area contributed by atoms with E-state index in [4.69, 9.17) is 0 Å². The molecule has 0 saturated carbocycles. The van der Waals surface area contributed by atoms with Crippen LogP contribution in [0.3, 0.4) is 0 Å². The summed E-state index contributed by atoms with van der Waals surface area (Å²) in [5, 5.41) is 7.30. The topological polar surface area (TPSA) is 113 Å². The van der Waals surface area contributed by atoms with E-state index in [2.05, 4.69) is 19.7 Å². The molecule has 0 spiro atoms. The van der Waals surface area contributed by atoms with Crippen molar-refractivity contribution in [2.45, 2.75) is 19.8 Å². The molecule has 1 aromatic heterocycles. The maximum Gasteiger partial charge on any atom is 0.316 e. The summed E-state index contributed by atoms with van der Waals surface area (Å²) in [4.78, 5) is 48.1. The van der Waals surface area contributed by atoms with E-state index in [1.54, 1.807) is 0 Å². The molecule has 23 heavy (non-hydrogen) atoms. The average Bonchev–Trinajstić information content (AvgIpc) is 2.53. The van der Waals surface area contributed by atoms with Crippen LogP contribution in [0.4, 0.5) is 0 Å². The number of hydrogen-bond acceptors (Lipinski definition) is 8. The summed E-state index contributed by atoms with van der Waals surface area (Å²) in [6.45, 7) is 2.38. The Morgan fingerprint density at radius 3 is 1.70 bits per heavy atom. The van der Waals surface area contributed by atoms with Gasteiger partial charge in [0.25, 0.3) is 0 Å². The van der Waals surface area contributed by atoms with Crippen molar-refractivity contribution in [2.75, 3.05) is 14.2 Å². The van der Waals surface area contributed by atoms with E-state index in [9.17, 15) is 19.2 Å². The lowest BCUT2D eigenvalue weighted by atomic mass is 9.74. The Morgan fingerprint density at radius 2 is 1.39 bits per heavy atom. The van der Waals surface area contributed by atoms with Crippen LogP contribution in [0.2, 0.25) is 0 Å². The van der Waals surface area contributed by atoms with Crippen LogP contribution in [0.15, 0.2) is 18.5 Å². The normalized spacial score (nSPS) is 14.3. The SMILES string of the molecule is COC(=O)C(C(C)=O)C(c1ccnnc1)C(C(C)=O)C(=O)OC. The minimum atomic E-state index is -1.34. The number of methoxy groups -OCH3 is 2. The summed E-state index contributed by atoms with van der Waals surface area (Å²) >= 11 is 0. The number of carbonyl (C=O) groups excluding carboxylic acids is 4. The zero-order valence-electron chi connectivity index (χ0n) is 13.3. The lowest BCUT2D eigenvalue weighted by molar-refractivity contribution is -0.154. The molecule has 124 valence electrons. The molecule has 0 fully saturated rings. The lowest BCUT2D eigenvalue weighted by Crippen LogP contribution is -2.40. The minimum absolute atomic E-state index is 0.344. The molecule has 0 aliphatic heterocycles. The molecule has 2 unspecified atom stereocenters. The third kappa shape index (κ3) is 4.18. The third-order valence-corrected chi connectivity index (χ3v) is 3.50. The van der Waals surface area contributed by atoms with E-state index < -0.39 is 41.3 Å². The van der Waals surface area contributed by atoms with Crippen molar-refractivity contribution in [3.05, 3.63) is 24.0 Å². The molecule has 0 radical (unpaired) electrons. The first-order valence-electron chi connectivity index (χ1n) is 6.78. The Morgan fingerprint density at radius 1 is 0.913 bits per heavy atom. The van der Waals surface area contributed by atoms with Crippen LogP contribution in [-0.2, 0) is 28.7 Å². The molecule has 0 N–H and O–H groups in total. The first-order chi connectivity index (χ1) is 10.8. The number of ether oxygens (including phenoxy) is 2. The Balaban J connectivity index is 3.53. The number of Topliss-reactive ketones (excluding diaryl/α,β-unsaturated/α-hetero) is 2. The fourth-order valence-corrected chi connectivity index (χ4v) is 2.46. The van der Waals surface area contributed by atoms with E-state index in [-0.39, 0.29) is 0 Å². The molecular formula is C15H18N2O6. The summed E-state index contributed by atoms with van der Waals surface area (Å²) in [7, 11) is 2.25. The molecule has 8 nitrogen and oxygen atoms in total. The van der Waals surface area contributed by atoms with Gasteiger partial charge in [0.15, 0.2) is 0 Å². The monoisotopic (exact) mass is 322 g/mol. The second kappa shape index (κ2) is 8.11. The zero-order valence-corrected chi connectivity index (χ0v) is 13.3. The van der Waals surface area contributed by atoms with Crippen molar-refractivity contribution < 1.29 is 28.7 Å². The third-order valence-electron chi connectivity index (χ3n) is 3.50. The van der Waals surface area contributed by atoms with Gasteiger partial charge in [-0.25, -0.2) is 0 Å². The molecule has 2 atom stereocenters. The molecule has 0 aliphatic carbocycles. The van der Waals surface area contributed by atoms with Gasteiger partial charge >= 0.3 is 11.9 Å². The number of ketones is 2. The second-order valence-corrected chi connectivity index (χ2v) is 4.92. The van der Waals surface area contributed by atoms with E-state index in [1.807, 2.05) is 0 Å². The van der Waals surface area contributed by atoms with E-state index >= 15 is 0 Å². The van der Waals surface area contributed by atoms with Crippen LogP contribution in [-0.4, -0.2) is 47.9 Å². The Labute approximate surface area is 133 Å². The Kier molecular flexibility index (Phi) is 6.49. The highest BCUT2D eigenvalue weighted by molar-refractivity contribution is 6.04. The quantitative estimate of drug-likeness (QED) is 0.521. The van der Waals surface area contributed by atoms with Gasteiger partial charge in [0.05, 0.1) is 20.4 Å². The smallest absolute Gasteiger partial charge is 0.316 e. The molecular weight excluding hydrogens is 304 g/mol. The summed E-state index contributed by atoms with van der Waals surface area (Å²) in [5.74, 6) is -6.50. The standard InChI is InChI=1S/C15H18N2O6/c1-8(18)11(14(20)22-3)13(10-5-6-16-17-7-10)12(9(2)19)15(21)23-4/h5-7,11-13H,1-4H3. The van der Waals surface area contributed by atoms with Crippen LogP contribution in [0.1, 0.15) is 25.3 Å². The maximum atomic E-state index is 12.1. The molecule has 1 aromatic rings. The van der Waals surface area contributed by atoms with Gasteiger partial charge in [0.1, 0.15) is 23.4 Å². The highest BCUT2D eigenvalue weighted by Gasteiger charge is 2.45. The van der Waals surface area contributed by atoms with Crippen molar-refractivity contribution in [3.63, 3.8) is 0 Å². The Bertz CT molecular complexity index is 567. The van der Waals surface area contributed by atoms with Crippen LogP contribution in [0.25, 0.3) is 0 Å². The van der Waals surface area contributed by atoms with E-state index in [0.717, 1.165) is 14.2 Å². The number of hydrogen-bond donors (Lipinski definition) is 0. The van der Waals surface area contributed by atoms with Crippen LogP contribution < -0.4 is 0 Å². The molecule has 8 heteroatoms. The lowest BCUT2D eigenvalue weighted by Gasteiger charge is -2.28. The first-order valence-corrected chi connectivity index (χ1v) is 6.78. The van der Waals surface area contributed by atoms with Crippen molar-refractivity contribution in [3.8, 4) is 0 Å². The van der Waals surface area contributed by atoms with E-state index in [0.29, 0.717) is 5.56 Å². The summed E-state index contributed by atoms with van der Waals surface area (Å²) in [5.41, 5.74) is 0.344. The van der Waals surface area contributed by atoms with Crippen molar-refractivity contribution in [2.24, 2.45) is 11.8 Å². The fraction of sp³-hybridized carbons (Fsp3) is 0.467. The van der Waals surface area contributed by atoms with Crippen LogP contribution in [0.5, 0.6) is 0 Å². The number of carbonyl (C=O) groups is 4. The number of rotatable bonds is 7. The van der Waals surface area contributed by atoms with Crippen molar-refractivity contribution in [1.29, 1.82) is 0 Å². The second-order valence-electron chi connectivity index (χ2n) is 4.92. The Hall–Kier alpha value is -2.64. The average molecular weight is 322 g/mol. The summed E-state index contributed by atoms with van der Waals surface area (Å²) in [6, 6.07) is 1.48. The van der Waals surface area contributed by atoms with E-state index in [1.165, 1.54) is 32.3 Å². The predicted octanol–water partition coefficient (Wildman–Crippen LogP) is 0.317. The molecule has 0 bridgehead atoms. The summed E-state index contributed by atoms with van der Waals surface area (Å²) < 4.78 is 9.32. The van der Waals surface area contributed by atoms with Crippen molar-refractivity contribution in [1.82, 2.24) is 10.2 Å². The first kappa shape index (κ1) is 18.4. The fourth-order valence-electron chi connectivity index (χ4n) is 2.46. The number of esters is 2. The van der Waals surface area contributed by atoms with Gasteiger partial charge in [-0.2, -0.15) is 10.2 Å². The van der Waals surface area contributed by atoms with Crippen LogP contribution >= 0.6 is 0 Å². The van der Waals surface area contributed by atoms with Crippen LogP contribution in [0, 0.1) is 11.8 Å². The number of aromatic nitrogens is 2. The number of nitrogens with zero attached hydrogens (tertiary/aromatic N) is 2. The zero-order chi connectivity index (χ0) is 17.6. The molecule has 0 saturated heterocycles. The summed E-state index contributed by atoms with van der Waals surface area (Å²) in [6.07, 6.45) is 2.63. The molecule has 1 rings (SSSR count). The molecule has 0 amide bonds. The largest absolute Gasteiger partial charge is 0.468 e. The van der Waals surface area contributed by atoms with Gasteiger partial charge < -0.3 is 9.47 Å². The van der Waals surface area contributed by atoms with Gasteiger partial charge in [-0.1, -0.05) is 0 Å². The van der Waals surface area contributed by atoms with Gasteiger partial charge in [0.2, 0.25) is 0 Å². The molecule has 0 aliphatic rings. The minimum Gasteiger partial charge on any atom is -0.468 e.